The number of hydrogen-bond donors (Lipinski definition) is 3. The lowest BCUT2D eigenvalue weighted by atomic mass is 9.87. The van der Waals surface area contributed by atoms with Crippen LogP contribution < -0.4 is 24.8 Å². The Morgan fingerprint density at radius 3 is 2.56 bits per heavy atom. The highest BCUT2D eigenvalue weighted by Gasteiger charge is 2.64. The SMILES string of the molecule is COc1cc(Cl)c2nc(C(F)(F)F)c3c(c2c1)CC[C@]1(C[C@H]2C(=O)N[C@]4(C(=O)NS(=O)(=O)C5(C)CC5)C[C@H]4/C=C\CCCCC[C@H](NC(=O)OCC(C)C)C(=O)N2C1)O3. The molecule has 2 saturated carbocycles. The molecule has 5 atom stereocenters. The summed E-state index contributed by atoms with van der Waals surface area (Å²) in [5.41, 5.74) is -4.49. The van der Waals surface area contributed by atoms with E-state index in [9.17, 15) is 40.8 Å². The van der Waals surface area contributed by atoms with Gasteiger partial charge in [0, 0.05) is 29.4 Å². The lowest BCUT2D eigenvalue weighted by Crippen LogP contribution is -2.58. The van der Waals surface area contributed by atoms with Crippen molar-refractivity contribution in [3.63, 3.8) is 0 Å². The van der Waals surface area contributed by atoms with Crippen LogP contribution in [0.3, 0.4) is 0 Å². The Hall–Kier alpha value is -4.32. The minimum atomic E-state index is -4.99. The topological polar surface area (TPSA) is 182 Å². The number of carbonyl (C=O) groups is 4. The first-order chi connectivity index (χ1) is 27.7. The second-order valence-corrected chi connectivity index (χ2v) is 19.8. The number of methoxy groups -OCH3 is 1. The Labute approximate surface area is 345 Å². The molecule has 2 aromatic rings. The van der Waals surface area contributed by atoms with Crippen LogP contribution in [0.4, 0.5) is 18.0 Å². The van der Waals surface area contributed by atoms with E-state index in [1.807, 2.05) is 19.9 Å². The fourth-order valence-corrected chi connectivity index (χ4v) is 9.86. The number of hydrogen-bond acceptors (Lipinski definition) is 10. The van der Waals surface area contributed by atoms with Gasteiger partial charge in [-0.05, 0) is 70.3 Å². The number of aromatic nitrogens is 1. The van der Waals surface area contributed by atoms with Crippen LogP contribution in [-0.4, -0.2) is 90.3 Å². The zero-order valence-corrected chi connectivity index (χ0v) is 34.9. The third kappa shape index (κ3) is 8.40. The van der Waals surface area contributed by atoms with Gasteiger partial charge in [0.1, 0.15) is 29.0 Å². The van der Waals surface area contributed by atoms with Crippen molar-refractivity contribution in [3.8, 4) is 11.5 Å². The summed E-state index contributed by atoms with van der Waals surface area (Å²) in [7, 11) is -2.71. The summed E-state index contributed by atoms with van der Waals surface area (Å²) in [6.07, 6.45) is 1.03. The highest BCUT2D eigenvalue weighted by atomic mass is 35.5. The number of nitrogens with one attached hydrogen (secondary N) is 3. The van der Waals surface area contributed by atoms with Crippen LogP contribution in [-0.2, 0) is 41.7 Å². The van der Waals surface area contributed by atoms with Crippen LogP contribution in [0.25, 0.3) is 10.9 Å². The van der Waals surface area contributed by atoms with Crippen molar-refractivity contribution in [1.29, 1.82) is 0 Å². The minimum Gasteiger partial charge on any atom is -0.497 e. The summed E-state index contributed by atoms with van der Waals surface area (Å²) in [5.74, 6) is -3.28. The van der Waals surface area contributed by atoms with Crippen molar-refractivity contribution in [2.45, 2.75) is 126 Å². The third-order valence-electron chi connectivity index (χ3n) is 12.2. The number of amides is 4. The molecular formula is C40H49ClF3N5O9S. The number of pyridine rings is 1. The first-order valence-corrected chi connectivity index (χ1v) is 21.8. The average molecular weight is 868 g/mol. The van der Waals surface area contributed by atoms with Gasteiger partial charge in [0.05, 0.1) is 35.5 Å². The Kier molecular flexibility index (Phi) is 11.3. The van der Waals surface area contributed by atoms with Crippen molar-refractivity contribution in [2.75, 3.05) is 20.3 Å². The second kappa shape index (κ2) is 15.6. The molecule has 1 aromatic carbocycles. The van der Waals surface area contributed by atoms with E-state index in [4.69, 9.17) is 25.8 Å². The van der Waals surface area contributed by atoms with Crippen LogP contribution in [0.5, 0.6) is 11.5 Å². The molecule has 19 heteroatoms. The number of halogens is 4. The maximum atomic E-state index is 14.8. The largest absolute Gasteiger partial charge is 0.497 e. The molecule has 1 aromatic heterocycles. The van der Waals surface area contributed by atoms with E-state index in [2.05, 4.69) is 20.3 Å². The number of carbonyl (C=O) groups excluding carboxylic acids is 4. The van der Waals surface area contributed by atoms with E-state index in [0.29, 0.717) is 38.5 Å². The highest BCUT2D eigenvalue weighted by Crippen LogP contribution is 2.51. The van der Waals surface area contributed by atoms with Crippen LogP contribution in [0, 0.1) is 11.8 Å². The number of fused-ring (bicyclic) bond motifs is 5. The van der Waals surface area contributed by atoms with Gasteiger partial charge in [-0.25, -0.2) is 18.2 Å². The summed E-state index contributed by atoms with van der Waals surface area (Å²) in [4.78, 5) is 61.4. The second-order valence-electron chi connectivity index (χ2n) is 17.2. The molecule has 0 bridgehead atoms. The molecule has 59 heavy (non-hydrogen) atoms. The normalized spacial score (nSPS) is 28.6. The Balaban J connectivity index is 1.27. The molecule has 0 radical (unpaired) electrons. The van der Waals surface area contributed by atoms with Gasteiger partial charge in [0.25, 0.3) is 5.91 Å². The fourth-order valence-electron chi connectivity index (χ4n) is 8.30. The molecule has 4 heterocycles. The third-order valence-corrected chi connectivity index (χ3v) is 14.6. The molecular weight excluding hydrogens is 819 g/mol. The number of allylic oxidation sites excluding steroid dienone is 1. The molecule has 3 aliphatic heterocycles. The van der Waals surface area contributed by atoms with Crippen molar-refractivity contribution in [2.24, 2.45) is 11.8 Å². The molecule has 0 unspecified atom stereocenters. The quantitative estimate of drug-likeness (QED) is 0.291. The highest BCUT2D eigenvalue weighted by molar-refractivity contribution is 7.91. The fraction of sp³-hybridized carbons (Fsp3) is 0.625. The van der Waals surface area contributed by atoms with Crippen LogP contribution in [0.2, 0.25) is 5.02 Å². The van der Waals surface area contributed by atoms with Gasteiger partial charge in [-0.1, -0.05) is 50.4 Å². The lowest BCUT2D eigenvalue weighted by molar-refractivity contribution is -0.144. The van der Waals surface area contributed by atoms with Gasteiger partial charge in [-0.2, -0.15) is 13.2 Å². The maximum Gasteiger partial charge on any atom is 0.437 e. The predicted molar refractivity (Wildman–Crippen MR) is 209 cm³/mol. The molecule has 14 nitrogen and oxygen atoms in total. The van der Waals surface area contributed by atoms with E-state index < -0.39 is 85.3 Å². The first-order valence-electron chi connectivity index (χ1n) is 20.0. The zero-order valence-electron chi connectivity index (χ0n) is 33.3. The lowest BCUT2D eigenvalue weighted by Gasteiger charge is -2.37. The van der Waals surface area contributed by atoms with Crippen LogP contribution in [0.1, 0.15) is 96.2 Å². The number of sulfonamides is 1. The Morgan fingerprint density at radius 2 is 1.88 bits per heavy atom. The number of aryl methyl sites for hydroxylation is 1. The number of nitrogens with zero attached hydrogens (tertiary/aromatic N) is 2. The monoisotopic (exact) mass is 867 g/mol. The summed E-state index contributed by atoms with van der Waals surface area (Å²) < 4.78 is 89.0. The number of benzene rings is 1. The molecule has 1 spiro atoms. The van der Waals surface area contributed by atoms with Gasteiger partial charge in [0.15, 0.2) is 11.4 Å². The van der Waals surface area contributed by atoms with Crippen molar-refractivity contribution in [3.05, 3.63) is 40.6 Å². The predicted octanol–water partition coefficient (Wildman–Crippen LogP) is 5.72. The Morgan fingerprint density at radius 1 is 1.14 bits per heavy atom. The Bertz CT molecular complexity index is 2200. The number of ether oxygens (including phenoxy) is 3. The molecule has 3 fully saturated rings. The van der Waals surface area contributed by atoms with Crippen LogP contribution in [0.15, 0.2) is 24.3 Å². The van der Waals surface area contributed by atoms with Gasteiger partial charge < -0.3 is 29.7 Å². The molecule has 5 aliphatic rings. The van der Waals surface area contributed by atoms with E-state index in [-0.39, 0.29) is 78.4 Å². The average Bonchev–Trinajstić information content (AvgIpc) is 4.06. The zero-order chi connectivity index (χ0) is 42.7. The van der Waals surface area contributed by atoms with Crippen molar-refractivity contribution < 1.29 is 55.0 Å². The smallest absolute Gasteiger partial charge is 0.437 e. The summed E-state index contributed by atoms with van der Waals surface area (Å²) in [6.45, 7) is 4.94. The maximum absolute atomic E-state index is 14.8. The standard InChI is InChI=1S/C40H49ClF3N5O9S/c1-22(2)20-57-36(53)45-28-11-9-7-5-6-8-10-23-18-39(23,35(52)48-59(54,55)37(3)14-15-37)47-33(50)29-19-38(21-49(29)34(28)51)13-12-25-26-16-24(56-4)17-27(41)30(26)46-32(31(25)58-38)40(42,43)44/h8,10,16-17,22-23,28-29H,5-7,9,11-15,18-21H2,1-4H3,(H,45,53)(H,47,50)(H,48,52)/b10-8-/t23-,28+,29+,38-,39-/m1/s1. The van der Waals surface area contributed by atoms with Crippen LogP contribution >= 0.6 is 11.6 Å². The van der Waals surface area contributed by atoms with Gasteiger partial charge in [-0.15, -0.1) is 0 Å². The minimum absolute atomic E-state index is 0.00140. The van der Waals surface area contributed by atoms with Crippen molar-refractivity contribution >= 4 is 56.3 Å². The molecule has 4 amide bonds. The summed E-state index contributed by atoms with van der Waals surface area (Å²) in [5, 5.41) is 5.66. The molecule has 322 valence electrons. The van der Waals surface area contributed by atoms with E-state index in [1.165, 1.54) is 31.1 Å². The number of alkyl halides is 3. The molecule has 1 saturated heterocycles. The number of rotatable bonds is 7. The van der Waals surface area contributed by atoms with Gasteiger partial charge in [-0.3, -0.25) is 19.1 Å². The van der Waals surface area contributed by atoms with E-state index >= 15 is 0 Å². The molecule has 3 N–H and O–H groups in total. The van der Waals surface area contributed by atoms with Gasteiger partial charge in [0.2, 0.25) is 21.8 Å². The molecule has 7 rings (SSSR count). The van der Waals surface area contributed by atoms with Crippen molar-refractivity contribution in [1.82, 2.24) is 25.2 Å². The molecule has 2 aliphatic carbocycles. The summed E-state index contributed by atoms with van der Waals surface area (Å²) in [6, 6.07) is 0.292. The van der Waals surface area contributed by atoms with E-state index in [0.717, 1.165) is 0 Å². The summed E-state index contributed by atoms with van der Waals surface area (Å²) >= 11 is 6.40. The van der Waals surface area contributed by atoms with E-state index in [1.54, 1.807) is 6.08 Å². The first kappa shape index (κ1) is 42.8. The number of alkyl carbamates (subject to hydrolysis) is 1. The van der Waals surface area contributed by atoms with Gasteiger partial charge >= 0.3 is 12.3 Å².